The summed E-state index contributed by atoms with van der Waals surface area (Å²) in [5, 5.41) is 2.40. The van der Waals surface area contributed by atoms with Gasteiger partial charge in [-0.1, -0.05) is 6.92 Å². The van der Waals surface area contributed by atoms with Crippen molar-refractivity contribution < 1.29 is 14.4 Å². The number of likely N-dealkylation sites (N-methyl/N-ethyl adjacent to an activating group) is 1. The fourth-order valence-electron chi connectivity index (χ4n) is 3.48. The van der Waals surface area contributed by atoms with Crippen LogP contribution in [-0.2, 0) is 9.59 Å². The zero-order valence-electron chi connectivity index (χ0n) is 14.4. The number of fused-ring (bicyclic) bond motifs is 1. The highest BCUT2D eigenvalue weighted by Gasteiger charge is 2.49. The van der Waals surface area contributed by atoms with Crippen molar-refractivity contribution in [2.24, 2.45) is 4.99 Å². The summed E-state index contributed by atoms with van der Waals surface area (Å²) in [5.74, 6) is 0.538. The summed E-state index contributed by atoms with van der Waals surface area (Å²) in [7, 11) is 1.66. The van der Waals surface area contributed by atoms with Gasteiger partial charge in [-0.2, -0.15) is 0 Å². The third-order valence-corrected chi connectivity index (χ3v) is 4.81. The minimum atomic E-state index is -0.487. The van der Waals surface area contributed by atoms with Gasteiger partial charge >= 0.3 is 6.03 Å². The van der Waals surface area contributed by atoms with Gasteiger partial charge < -0.3 is 19.6 Å². The first-order valence-corrected chi connectivity index (χ1v) is 8.36. The van der Waals surface area contributed by atoms with Crippen LogP contribution >= 0.6 is 0 Å². The summed E-state index contributed by atoms with van der Waals surface area (Å²) >= 11 is 0. The van der Waals surface area contributed by atoms with E-state index in [0.717, 1.165) is 12.4 Å². The lowest BCUT2D eigenvalue weighted by Crippen LogP contribution is -2.64. The van der Waals surface area contributed by atoms with Crippen molar-refractivity contribution in [3.63, 3.8) is 0 Å². The van der Waals surface area contributed by atoms with Crippen LogP contribution in [0.3, 0.4) is 0 Å². The molecule has 24 heavy (non-hydrogen) atoms. The van der Waals surface area contributed by atoms with Crippen LogP contribution in [0.15, 0.2) is 4.99 Å². The molecule has 0 aromatic carbocycles. The number of hydrogen-bond donors (Lipinski definition) is 1. The number of hydrogen-bond acceptors (Lipinski definition) is 6. The number of aliphatic imine (C=N–C) groups is 1. The summed E-state index contributed by atoms with van der Waals surface area (Å²) in [6.07, 6.45) is 0.388. The van der Waals surface area contributed by atoms with Gasteiger partial charge in [-0.3, -0.25) is 14.9 Å². The van der Waals surface area contributed by atoms with Crippen molar-refractivity contribution in [3.05, 3.63) is 0 Å². The SMILES string of the molecule is CCCN1C(N2CCN(C(C)=O)CC2)=NC2C1C(=O)NC(=O)N2C. The van der Waals surface area contributed by atoms with Gasteiger partial charge in [-0.15, -0.1) is 0 Å². The Hall–Kier alpha value is -2.32. The number of nitrogens with zero attached hydrogens (tertiary/aromatic N) is 5. The van der Waals surface area contributed by atoms with Crippen molar-refractivity contribution in [1.29, 1.82) is 0 Å². The lowest BCUT2D eigenvalue weighted by molar-refractivity contribution is -0.130. The monoisotopic (exact) mass is 336 g/mol. The van der Waals surface area contributed by atoms with Crippen molar-refractivity contribution in [2.75, 3.05) is 39.8 Å². The Balaban J connectivity index is 1.82. The highest BCUT2D eigenvalue weighted by atomic mass is 16.2. The van der Waals surface area contributed by atoms with Crippen LogP contribution < -0.4 is 5.32 Å². The molecule has 0 aromatic heterocycles. The van der Waals surface area contributed by atoms with Gasteiger partial charge in [0, 0.05) is 46.7 Å². The van der Waals surface area contributed by atoms with Gasteiger partial charge in [0.1, 0.15) is 0 Å². The van der Waals surface area contributed by atoms with Gasteiger partial charge in [0.25, 0.3) is 5.91 Å². The molecule has 3 rings (SSSR count). The number of amides is 4. The second-order valence-corrected chi connectivity index (χ2v) is 6.38. The fourth-order valence-corrected chi connectivity index (χ4v) is 3.48. The molecule has 9 heteroatoms. The standard InChI is InChI=1S/C15H24N6O3/c1-4-5-21-11-12(18(3)15(24)17-13(11)23)16-14(21)20-8-6-19(7-9-20)10(2)22/h11-12H,4-9H2,1-3H3,(H,17,23,24). The molecule has 0 saturated carbocycles. The number of rotatable bonds is 2. The molecule has 132 valence electrons. The van der Waals surface area contributed by atoms with Crippen LogP contribution in [0.25, 0.3) is 0 Å². The molecular formula is C15H24N6O3. The van der Waals surface area contributed by atoms with E-state index >= 15 is 0 Å². The summed E-state index contributed by atoms with van der Waals surface area (Å²) in [6, 6.07) is -0.891. The minimum Gasteiger partial charge on any atom is -0.339 e. The third-order valence-electron chi connectivity index (χ3n) is 4.81. The third kappa shape index (κ3) is 2.67. The van der Waals surface area contributed by atoms with Crippen molar-refractivity contribution in [2.45, 2.75) is 32.5 Å². The van der Waals surface area contributed by atoms with Crippen molar-refractivity contribution in [3.8, 4) is 0 Å². The maximum atomic E-state index is 12.3. The van der Waals surface area contributed by atoms with Crippen molar-refractivity contribution >= 4 is 23.8 Å². The molecule has 3 heterocycles. The van der Waals surface area contributed by atoms with Crippen LogP contribution in [0.4, 0.5) is 4.79 Å². The number of urea groups is 1. The zero-order valence-corrected chi connectivity index (χ0v) is 14.4. The Kier molecular flexibility index (Phi) is 4.33. The molecule has 0 bridgehead atoms. The topological polar surface area (TPSA) is 88.6 Å². The molecule has 2 unspecified atom stereocenters. The van der Waals surface area contributed by atoms with E-state index in [2.05, 4.69) is 10.2 Å². The molecule has 3 aliphatic heterocycles. The van der Waals surface area contributed by atoms with E-state index in [0.29, 0.717) is 32.7 Å². The first kappa shape index (κ1) is 16.5. The molecule has 2 atom stereocenters. The molecule has 0 aliphatic carbocycles. The first-order chi connectivity index (χ1) is 11.4. The van der Waals surface area contributed by atoms with Gasteiger partial charge in [0.2, 0.25) is 5.91 Å². The number of carbonyl (C=O) groups is 3. The zero-order chi connectivity index (χ0) is 17.4. The predicted octanol–water partition coefficient (Wildman–Crippen LogP) is -0.892. The normalized spacial score (nSPS) is 27.2. The van der Waals surface area contributed by atoms with E-state index < -0.39 is 18.2 Å². The first-order valence-electron chi connectivity index (χ1n) is 8.36. The molecule has 3 aliphatic rings. The van der Waals surface area contributed by atoms with Gasteiger partial charge in [-0.25, -0.2) is 9.79 Å². The van der Waals surface area contributed by atoms with Crippen LogP contribution in [0.5, 0.6) is 0 Å². The number of carbonyl (C=O) groups excluding carboxylic acids is 3. The molecule has 0 spiro atoms. The molecular weight excluding hydrogens is 312 g/mol. The van der Waals surface area contributed by atoms with E-state index in [9.17, 15) is 14.4 Å². The predicted molar refractivity (Wildman–Crippen MR) is 87.1 cm³/mol. The smallest absolute Gasteiger partial charge is 0.325 e. The average Bonchev–Trinajstić information content (AvgIpc) is 2.93. The summed E-state index contributed by atoms with van der Waals surface area (Å²) < 4.78 is 0. The summed E-state index contributed by atoms with van der Waals surface area (Å²) in [6.45, 7) is 6.96. The number of guanidine groups is 1. The van der Waals surface area contributed by atoms with Crippen LogP contribution in [0.1, 0.15) is 20.3 Å². The second kappa shape index (κ2) is 6.29. The van der Waals surface area contributed by atoms with Gasteiger partial charge in [0.15, 0.2) is 18.2 Å². The Bertz CT molecular complexity index is 584. The highest BCUT2D eigenvalue weighted by Crippen LogP contribution is 2.26. The maximum absolute atomic E-state index is 12.3. The Morgan fingerprint density at radius 1 is 1.25 bits per heavy atom. The molecule has 1 N–H and O–H groups in total. The molecule has 2 saturated heterocycles. The Morgan fingerprint density at radius 2 is 1.92 bits per heavy atom. The number of imide groups is 1. The van der Waals surface area contributed by atoms with E-state index in [1.54, 1.807) is 14.0 Å². The highest BCUT2D eigenvalue weighted by molar-refractivity contribution is 6.03. The molecule has 4 amide bonds. The van der Waals surface area contributed by atoms with E-state index in [4.69, 9.17) is 4.99 Å². The fraction of sp³-hybridized carbons (Fsp3) is 0.733. The van der Waals surface area contributed by atoms with E-state index in [1.165, 1.54) is 4.90 Å². The summed E-state index contributed by atoms with van der Waals surface area (Å²) in [4.78, 5) is 47.8. The van der Waals surface area contributed by atoms with Gasteiger partial charge in [0.05, 0.1) is 0 Å². The minimum absolute atomic E-state index is 0.0757. The number of nitrogens with one attached hydrogen (secondary N) is 1. The average molecular weight is 336 g/mol. The van der Waals surface area contributed by atoms with E-state index in [-0.39, 0.29) is 11.8 Å². The van der Waals surface area contributed by atoms with Crippen LogP contribution in [0, 0.1) is 0 Å². The Morgan fingerprint density at radius 3 is 2.50 bits per heavy atom. The molecule has 0 radical (unpaired) electrons. The van der Waals surface area contributed by atoms with Gasteiger partial charge in [-0.05, 0) is 6.42 Å². The maximum Gasteiger partial charge on any atom is 0.325 e. The molecule has 0 aromatic rings. The lowest BCUT2D eigenvalue weighted by atomic mass is 10.1. The largest absolute Gasteiger partial charge is 0.339 e. The quantitative estimate of drug-likeness (QED) is 0.707. The summed E-state index contributed by atoms with van der Waals surface area (Å²) in [5.41, 5.74) is 0. The van der Waals surface area contributed by atoms with Crippen molar-refractivity contribution in [1.82, 2.24) is 24.9 Å². The molecule has 9 nitrogen and oxygen atoms in total. The van der Waals surface area contributed by atoms with E-state index in [1.807, 2.05) is 16.7 Å². The lowest BCUT2D eigenvalue weighted by Gasteiger charge is -2.40. The number of piperazine rings is 1. The van der Waals surface area contributed by atoms with Crippen LogP contribution in [0.2, 0.25) is 0 Å². The van der Waals surface area contributed by atoms with Crippen LogP contribution in [-0.4, -0.2) is 95.4 Å². The Labute approximate surface area is 141 Å². The second-order valence-electron chi connectivity index (χ2n) is 6.38. The molecule has 2 fully saturated rings.